The van der Waals surface area contributed by atoms with Crippen LogP contribution in [0.3, 0.4) is 0 Å². The molecule has 0 heterocycles. The number of benzene rings is 1. The van der Waals surface area contributed by atoms with E-state index < -0.39 is 51.6 Å². The second-order valence-electron chi connectivity index (χ2n) is 6.89. The van der Waals surface area contributed by atoms with Crippen LogP contribution in [0, 0.1) is 16.0 Å². The number of methoxy groups -OCH3 is 1. The fourth-order valence-corrected chi connectivity index (χ4v) is 3.30. The Hall–Kier alpha value is -3.26. The number of imide groups is 1. The largest absolute Gasteiger partial charge is 0.490 e. The Bertz CT molecular complexity index is 948. The summed E-state index contributed by atoms with van der Waals surface area (Å²) in [7, 11) is -2.94. The van der Waals surface area contributed by atoms with Crippen molar-refractivity contribution in [3.05, 3.63) is 28.3 Å². The van der Waals surface area contributed by atoms with Crippen molar-refractivity contribution >= 4 is 33.6 Å². The van der Waals surface area contributed by atoms with Crippen molar-refractivity contribution in [2.75, 3.05) is 26.8 Å². The number of ether oxygens (including phenoxy) is 2. The molecule has 0 atom stereocenters. The van der Waals surface area contributed by atoms with Gasteiger partial charge in [0.15, 0.2) is 12.4 Å². The summed E-state index contributed by atoms with van der Waals surface area (Å²) in [4.78, 5) is 44.6. The monoisotopic (exact) mass is 474 g/mol. The SMILES string of the molecule is COc1ccc(S(=O)(=O)NCCC(=O)OCC(=O)NC(=O)NCCC(C)C)cc1[N+](=O)[O-]. The molecule has 3 N–H and O–H groups in total. The third-order valence-electron chi connectivity index (χ3n) is 3.90. The number of nitro groups is 1. The van der Waals surface area contributed by atoms with Crippen molar-refractivity contribution < 1.29 is 37.2 Å². The molecule has 32 heavy (non-hydrogen) atoms. The summed E-state index contributed by atoms with van der Waals surface area (Å²) in [5, 5.41) is 15.5. The average molecular weight is 474 g/mol. The first kappa shape index (κ1) is 26.8. The number of hydrogen-bond acceptors (Lipinski definition) is 9. The third kappa shape index (κ3) is 9.26. The van der Waals surface area contributed by atoms with Crippen LogP contribution in [0.5, 0.6) is 5.75 Å². The molecular weight excluding hydrogens is 448 g/mol. The van der Waals surface area contributed by atoms with E-state index in [1.165, 1.54) is 7.11 Å². The van der Waals surface area contributed by atoms with Gasteiger partial charge >= 0.3 is 17.7 Å². The average Bonchev–Trinajstić information content (AvgIpc) is 2.71. The quantitative estimate of drug-likeness (QED) is 0.223. The summed E-state index contributed by atoms with van der Waals surface area (Å²) in [6.07, 6.45) is 0.321. The van der Waals surface area contributed by atoms with Gasteiger partial charge in [-0.05, 0) is 24.5 Å². The minimum absolute atomic E-state index is 0.107. The van der Waals surface area contributed by atoms with Crippen LogP contribution in [0.15, 0.2) is 23.1 Å². The van der Waals surface area contributed by atoms with Gasteiger partial charge in [0.2, 0.25) is 10.0 Å². The number of esters is 1. The maximum Gasteiger partial charge on any atom is 0.321 e. The van der Waals surface area contributed by atoms with Crippen molar-refractivity contribution in [3.63, 3.8) is 0 Å². The molecule has 0 aliphatic rings. The van der Waals surface area contributed by atoms with Crippen molar-refractivity contribution in [2.24, 2.45) is 5.92 Å². The van der Waals surface area contributed by atoms with E-state index in [1.807, 2.05) is 19.2 Å². The number of rotatable bonds is 12. The normalized spacial score (nSPS) is 11.0. The number of sulfonamides is 1. The molecule has 0 unspecified atom stereocenters. The Morgan fingerprint density at radius 2 is 1.88 bits per heavy atom. The zero-order valence-electron chi connectivity index (χ0n) is 17.9. The molecule has 1 rings (SSSR count). The van der Waals surface area contributed by atoms with Crippen LogP contribution in [0.2, 0.25) is 0 Å². The smallest absolute Gasteiger partial charge is 0.321 e. The zero-order chi connectivity index (χ0) is 24.3. The van der Waals surface area contributed by atoms with Crippen LogP contribution < -0.4 is 20.1 Å². The zero-order valence-corrected chi connectivity index (χ0v) is 18.7. The molecule has 0 aromatic heterocycles. The molecule has 0 radical (unpaired) electrons. The number of urea groups is 1. The van der Waals surface area contributed by atoms with Crippen molar-refractivity contribution in [1.29, 1.82) is 0 Å². The highest BCUT2D eigenvalue weighted by molar-refractivity contribution is 7.89. The molecule has 0 saturated carbocycles. The number of nitro benzene ring substituents is 1. The summed E-state index contributed by atoms with van der Waals surface area (Å²) in [6, 6.07) is 2.37. The van der Waals surface area contributed by atoms with E-state index in [1.54, 1.807) is 0 Å². The van der Waals surface area contributed by atoms with E-state index in [-0.39, 0.29) is 17.2 Å². The van der Waals surface area contributed by atoms with Crippen LogP contribution in [-0.4, -0.2) is 58.1 Å². The number of carbonyl (C=O) groups excluding carboxylic acids is 3. The van der Waals surface area contributed by atoms with Crippen molar-refractivity contribution in [3.8, 4) is 5.75 Å². The molecular formula is C18H26N4O9S. The Kier molecular flexibility index (Phi) is 10.5. The molecule has 13 nitrogen and oxygen atoms in total. The maximum absolute atomic E-state index is 12.3. The Balaban J connectivity index is 2.45. The fraction of sp³-hybridized carbons (Fsp3) is 0.500. The van der Waals surface area contributed by atoms with E-state index in [0.29, 0.717) is 12.5 Å². The molecule has 0 spiro atoms. The lowest BCUT2D eigenvalue weighted by Gasteiger charge is -2.09. The standard InChI is InChI=1S/C18H26N4O9S/c1-12(2)6-8-19-18(25)21-16(23)11-31-17(24)7-9-20-32(28,29)13-4-5-15(30-3)14(10-13)22(26)27/h4-5,10,12,20H,6-9,11H2,1-3H3,(H2,19,21,23,25). The van der Waals surface area contributed by atoms with Crippen LogP contribution in [0.4, 0.5) is 10.5 Å². The molecule has 178 valence electrons. The maximum atomic E-state index is 12.3. The Morgan fingerprint density at radius 3 is 2.47 bits per heavy atom. The molecule has 0 fully saturated rings. The highest BCUT2D eigenvalue weighted by atomic mass is 32.2. The minimum atomic E-state index is -4.15. The summed E-state index contributed by atoms with van der Waals surface area (Å²) in [5.41, 5.74) is -0.533. The molecule has 14 heteroatoms. The van der Waals surface area contributed by atoms with Gasteiger partial charge in [0.1, 0.15) is 0 Å². The highest BCUT2D eigenvalue weighted by Gasteiger charge is 2.22. The molecule has 1 aromatic carbocycles. The molecule has 0 bridgehead atoms. The number of amides is 3. The predicted molar refractivity (Wildman–Crippen MR) is 111 cm³/mol. The van der Waals surface area contributed by atoms with Gasteiger partial charge in [-0.15, -0.1) is 0 Å². The molecule has 1 aromatic rings. The molecule has 0 saturated heterocycles. The van der Waals surface area contributed by atoms with Gasteiger partial charge in [0.25, 0.3) is 5.91 Å². The minimum Gasteiger partial charge on any atom is -0.490 e. The lowest BCUT2D eigenvalue weighted by Crippen LogP contribution is -2.42. The van der Waals surface area contributed by atoms with Gasteiger partial charge < -0.3 is 14.8 Å². The first-order valence-corrected chi connectivity index (χ1v) is 11.0. The number of nitrogens with one attached hydrogen (secondary N) is 3. The van der Waals surface area contributed by atoms with Crippen molar-refractivity contribution in [2.45, 2.75) is 31.6 Å². The number of carbonyl (C=O) groups is 3. The lowest BCUT2D eigenvalue weighted by atomic mass is 10.1. The van der Waals surface area contributed by atoms with E-state index >= 15 is 0 Å². The topological polar surface area (TPSA) is 183 Å². The summed E-state index contributed by atoms with van der Waals surface area (Å²) in [5.74, 6) is -1.45. The van der Waals surface area contributed by atoms with Crippen molar-refractivity contribution in [1.82, 2.24) is 15.4 Å². The second kappa shape index (κ2) is 12.6. The predicted octanol–water partition coefficient (Wildman–Crippen LogP) is 0.687. The molecule has 3 amide bonds. The van der Waals surface area contributed by atoms with Gasteiger partial charge in [-0.2, -0.15) is 0 Å². The van der Waals surface area contributed by atoms with Crippen LogP contribution >= 0.6 is 0 Å². The number of nitrogens with zero attached hydrogens (tertiary/aromatic N) is 1. The first-order chi connectivity index (χ1) is 15.0. The van der Waals surface area contributed by atoms with Crippen LogP contribution in [0.25, 0.3) is 0 Å². The van der Waals surface area contributed by atoms with E-state index in [4.69, 9.17) is 4.74 Å². The van der Waals surface area contributed by atoms with Gasteiger partial charge in [0, 0.05) is 19.2 Å². The lowest BCUT2D eigenvalue weighted by molar-refractivity contribution is -0.386. The summed E-state index contributed by atoms with van der Waals surface area (Å²) in [6.45, 7) is 3.25. The Morgan fingerprint density at radius 1 is 1.19 bits per heavy atom. The van der Waals surface area contributed by atoms with Crippen LogP contribution in [-0.2, 0) is 24.3 Å². The highest BCUT2D eigenvalue weighted by Crippen LogP contribution is 2.29. The van der Waals surface area contributed by atoms with E-state index in [0.717, 1.165) is 24.6 Å². The van der Waals surface area contributed by atoms with Gasteiger partial charge in [-0.3, -0.25) is 25.0 Å². The summed E-state index contributed by atoms with van der Waals surface area (Å²) < 4.78 is 36.1. The fourth-order valence-electron chi connectivity index (χ4n) is 2.25. The van der Waals surface area contributed by atoms with Gasteiger partial charge in [0.05, 0.1) is 23.3 Å². The molecule has 0 aliphatic carbocycles. The number of hydrogen-bond donors (Lipinski definition) is 3. The van der Waals surface area contributed by atoms with Crippen LogP contribution in [0.1, 0.15) is 26.7 Å². The molecule has 0 aliphatic heterocycles. The van der Waals surface area contributed by atoms with E-state index in [9.17, 15) is 32.9 Å². The first-order valence-electron chi connectivity index (χ1n) is 9.51. The Labute approximate surface area is 185 Å². The van der Waals surface area contributed by atoms with Gasteiger partial charge in [-0.1, -0.05) is 13.8 Å². The third-order valence-corrected chi connectivity index (χ3v) is 5.36. The second-order valence-corrected chi connectivity index (χ2v) is 8.65. The summed E-state index contributed by atoms with van der Waals surface area (Å²) >= 11 is 0. The van der Waals surface area contributed by atoms with E-state index in [2.05, 4.69) is 14.8 Å². The van der Waals surface area contributed by atoms with Gasteiger partial charge in [-0.25, -0.2) is 17.9 Å².